The Morgan fingerprint density at radius 3 is 2.85 bits per heavy atom. The summed E-state index contributed by atoms with van der Waals surface area (Å²) in [5.74, 6) is 1.98. The molecule has 1 rings (SSSR count). The first kappa shape index (κ1) is 11.8. The second-order valence-electron chi connectivity index (χ2n) is 3.08. The topological polar surface area (TPSA) is 37.4 Å². The molecule has 1 aliphatic rings. The first-order valence-corrected chi connectivity index (χ1v) is 8.09. The van der Waals surface area contributed by atoms with E-state index in [1.54, 1.807) is 4.31 Å². The number of hydrogen-bond donors (Lipinski definition) is 0. The molecule has 1 heterocycles. The summed E-state index contributed by atoms with van der Waals surface area (Å²) in [6.07, 6.45) is 0.955. The minimum Gasteiger partial charge on any atom is -0.211 e. The van der Waals surface area contributed by atoms with Crippen LogP contribution >= 0.6 is 27.7 Å². The van der Waals surface area contributed by atoms with E-state index in [1.165, 1.54) is 0 Å². The first-order valence-electron chi connectivity index (χ1n) is 4.21. The number of sulfonamides is 1. The molecule has 1 saturated heterocycles. The lowest BCUT2D eigenvalue weighted by atomic mass is 10.3. The summed E-state index contributed by atoms with van der Waals surface area (Å²) in [5, 5.41) is 0. The highest BCUT2D eigenvalue weighted by Gasteiger charge is 2.27. The molecule has 13 heavy (non-hydrogen) atoms. The zero-order valence-electron chi connectivity index (χ0n) is 7.57. The van der Waals surface area contributed by atoms with Crippen LogP contribution in [-0.4, -0.2) is 41.5 Å². The molecular formula is C7H14BrNO2S2. The summed E-state index contributed by atoms with van der Waals surface area (Å²) in [4.78, 5) is 0. The van der Waals surface area contributed by atoms with Crippen LogP contribution in [-0.2, 0) is 10.0 Å². The van der Waals surface area contributed by atoms with Crippen LogP contribution in [0.4, 0.5) is 0 Å². The van der Waals surface area contributed by atoms with Gasteiger partial charge in [-0.05, 0) is 19.1 Å². The number of halogens is 1. The van der Waals surface area contributed by atoms with Gasteiger partial charge in [0.25, 0.3) is 0 Å². The van der Waals surface area contributed by atoms with E-state index in [9.17, 15) is 8.42 Å². The summed E-state index contributed by atoms with van der Waals surface area (Å²) in [6.45, 7) is 2.63. The van der Waals surface area contributed by atoms with Crippen LogP contribution < -0.4 is 0 Å². The van der Waals surface area contributed by atoms with E-state index in [0.717, 1.165) is 17.9 Å². The summed E-state index contributed by atoms with van der Waals surface area (Å²) >= 11 is 4.85. The molecule has 6 heteroatoms. The van der Waals surface area contributed by atoms with Crippen molar-refractivity contribution in [2.75, 3.05) is 22.7 Å². The molecule has 1 unspecified atom stereocenters. The molecule has 1 fully saturated rings. The second-order valence-corrected chi connectivity index (χ2v) is 7.53. The van der Waals surface area contributed by atoms with Gasteiger partial charge in [-0.1, -0.05) is 15.9 Å². The average Bonchev–Trinajstić information content (AvgIpc) is 2.30. The number of alkyl halides is 1. The van der Waals surface area contributed by atoms with Crippen LogP contribution in [0.3, 0.4) is 0 Å². The van der Waals surface area contributed by atoms with Gasteiger partial charge in [-0.25, -0.2) is 8.42 Å². The second kappa shape index (κ2) is 5.00. The third kappa shape index (κ3) is 3.11. The fourth-order valence-electron chi connectivity index (χ4n) is 1.35. The van der Waals surface area contributed by atoms with E-state index in [4.69, 9.17) is 0 Å². The summed E-state index contributed by atoms with van der Waals surface area (Å²) in [5.41, 5.74) is 0. The predicted molar refractivity (Wildman–Crippen MR) is 60.8 cm³/mol. The van der Waals surface area contributed by atoms with Crippen molar-refractivity contribution >= 4 is 37.7 Å². The first-order chi connectivity index (χ1) is 6.08. The zero-order chi connectivity index (χ0) is 9.90. The molecule has 0 aromatic heterocycles. The van der Waals surface area contributed by atoms with E-state index in [0.29, 0.717) is 6.54 Å². The van der Waals surface area contributed by atoms with Crippen molar-refractivity contribution in [3.8, 4) is 0 Å². The van der Waals surface area contributed by atoms with Crippen LogP contribution in [0.1, 0.15) is 13.3 Å². The lowest BCUT2D eigenvalue weighted by Gasteiger charge is -2.24. The van der Waals surface area contributed by atoms with Crippen LogP contribution in [0.25, 0.3) is 0 Å². The van der Waals surface area contributed by atoms with Gasteiger partial charge < -0.3 is 0 Å². The number of rotatable bonds is 2. The highest BCUT2D eigenvalue weighted by molar-refractivity contribution is 9.10. The van der Waals surface area contributed by atoms with Crippen LogP contribution in [0.15, 0.2) is 0 Å². The molecule has 0 bridgehead atoms. The molecule has 1 aliphatic heterocycles. The molecule has 0 aliphatic carbocycles. The molecule has 3 nitrogen and oxygen atoms in total. The Morgan fingerprint density at radius 1 is 1.54 bits per heavy atom. The van der Waals surface area contributed by atoms with Gasteiger partial charge in [0.05, 0.1) is 0 Å². The van der Waals surface area contributed by atoms with Gasteiger partial charge in [0.15, 0.2) is 0 Å². The van der Waals surface area contributed by atoms with E-state index < -0.39 is 10.0 Å². The largest absolute Gasteiger partial charge is 0.224 e. The Morgan fingerprint density at radius 2 is 2.23 bits per heavy atom. The fraction of sp³-hybridized carbons (Fsp3) is 1.00. The van der Waals surface area contributed by atoms with Crippen LogP contribution in [0.5, 0.6) is 0 Å². The van der Waals surface area contributed by atoms with Crippen molar-refractivity contribution in [1.29, 1.82) is 0 Å². The molecule has 0 radical (unpaired) electrons. The van der Waals surface area contributed by atoms with Gasteiger partial charge in [-0.2, -0.15) is 16.1 Å². The lowest BCUT2D eigenvalue weighted by molar-refractivity contribution is 0.353. The highest BCUT2D eigenvalue weighted by Crippen LogP contribution is 2.19. The van der Waals surface area contributed by atoms with Crippen molar-refractivity contribution in [3.63, 3.8) is 0 Å². The molecule has 0 amide bonds. The van der Waals surface area contributed by atoms with Crippen molar-refractivity contribution in [2.24, 2.45) is 0 Å². The third-order valence-electron chi connectivity index (χ3n) is 2.12. The summed E-state index contributed by atoms with van der Waals surface area (Å²) < 4.78 is 24.8. The third-order valence-corrected chi connectivity index (χ3v) is 6.39. The number of nitrogens with zero attached hydrogens (tertiary/aromatic N) is 1. The smallest absolute Gasteiger partial charge is 0.211 e. The number of hydrogen-bond acceptors (Lipinski definition) is 3. The Kier molecular flexibility index (Phi) is 4.54. The summed E-state index contributed by atoms with van der Waals surface area (Å²) in [6, 6.07) is 0.151. The SMILES string of the molecule is CC1CCSCCN1S(=O)(=O)CBr. The van der Waals surface area contributed by atoms with E-state index in [1.807, 2.05) is 18.7 Å². The predicted octanol–water partition coefficient (Wildman–Crippen LogP) is 1.50. The number of thioether (sulfide) groups is 1. The van der Waals surface area contributed by atoms with Gasteiger partial charge >= 0.3 is 0 Å². The quantitative estimate of drug-likeness (QED) is 0.723. The van der Waals surface area contributed by atoms with Gasteiger partial charge in [0.2, 0.25) is 10.0 Å². The molecule has 0 aromatic rings. The van der Waals surface area contributed by atoms with Gasteiger partial charge in [0.1, 0.15) is 4.66 Å². The van der Waals surface area contributed by atoms with Crippen molar-refractivity contribution in [1.82, 2.24) is 4.31 Å². The van der Waals surface area contributed by atoms with E-state index in [-0.39, 0.29) is 10.7 Å². The Hall–Kier alpha value is 0.740. The summed E-state index contributed by atoms with van der Waals surface area (Å²) in [7, 11) is -3.06. The zero-order valence-corrected chi connectivity index (χ0v) is 10.8. The van der Waals surface area contributed by atoms with Crippen LogP contribution in [0.2, 0.25) is 0 Å². The molecule has 0 aromatic carbocycles. The van der Waals surface area contributed by atoms with E-state index in [2.05, 4.69) is 15.9 Å². The molecule has 78 valence electrons. The monoisotopic (exact) mass is 287 g/mol. The Bertz CT molecular complexity index is 255. The normalized spacial score (nSPS) is 27.1. The lowest BCUT2D eigenvalue weighted by Crippen LogP contribution is -2.39. The molecule has 0 saturated carbocycles. The minimum absolute atomic E-state index is 0.0367. The van der Waals surface area contributed by atoms with Gasteiger partial charge in [-0.15, -0.1) is 0 Å². The van der Waals surface area contributed by atoms with Crippen LogP contribution in [0, 0.1) is 0 Å². The average molecular weight is 288 g/mol. The van der Waals surface area contributed by atoms with Gasteiger partial charge in [-0.3, -0.25) is 0 Å². The molecule has 0 N–H and O–H groups in total. The molecular weight excluding hydrogens is 274 g/mol. The van der Waals surface area contributed by atoms with Crippen molar-refractivity contribution in [2.45, 2.75) is 19.4 Å². The standard InChI is InChI=1S/C7H14BrNO2S2/c1-7-2-4-12-5-3-9(7)13(10,11)6-8/h7H,2-6H2,1H3. The van der Waals surface area contributed by atoms with Gasteiger partial charge in [0, 0.05) is 18.3 Å². The maximum absolute atomic E-state index is 11.6. The van der Waals surface area contributed by atoms with E-state index >= 15 is 0 Å². The fourth-order valence-corrected chi connectivity index (χ4v) is 4.44. The molecule has 0 spiro atoms. The Balaban J connectivity index is 2.75. The highest BCUT2D eigenvalue weighted by atomic mass is 79.9. The minimum atomic E-state index is -3.06. The molecule has 1 atom stereocenters. The maximum Gasteiger partial charge on any atom is 0.224 e. The van der Waals surface area contributed by atoms with Crippen molar-refractivity contribution in [3.05, 3.63) is 0 Å². The Labute approximate surface area is 92.4 Å². The maximum atomic E-state index is 11.6. The van der Waals surface area contributed by atoms with Crippen molar-refractivity contribution < 1.29 is 8.42 Å².